The Morgan fingerprint density at radius 3 is 1.54 bits per heavy atom. The third-order valence-electron chi connectivity index (χ3n) is 7.67. The fourth-order valence-corrected chi connectivity index (χ4v) is 8.13. The van der Waals surface area contributed by atoms with Gasteiger partial charge in [-0.2, -0.15) is 0 Å². The Labute approximate surface area is 241 Å². The van der Waals surface area contributed by atoms with Gasteiger partial charge >= 0.3 is 8.80 Å². The van der Waals surface area contributed by atoms with Crippen LogP contribution in [0.4, 0.5) is 0 Å². The lowest BCUT2D eigenvalue weighted by Gasteiger charge is -2.28. The maximum atomic E-state index is 12.8. The summed E-state index contributed by atoms with van der Waals surface area (Å²) in [7, 11) is -2.70. The third-order valence-corrected chi connectivity index (χ3v) is 10.8. The predicted octanol–water partition coefficient (Wildman–Crippen LogP) is 7.96. The molecule has 1 rings (SSSR count). The molecule has 0 bridgehead atoms. The first kappa shape index (κ1) is 36.2. The Morgan fingerprint density at radius 1 is 0.667 bits per heavy atom. The summed E-state index contributed by atoms with van der Waals surface area (Å²) in [4.78, 5) is 25.2. The lowest BCUT2D eigenvalue weighted by molar-refractivity contribution is -0.143. The van der Waals surface area contributed by atoms with Crippen LogP contribution >= 0.6 is 0 Å². The Hall–Kier alpha value is -0.803. The second-order valence-electron chi connectivity index (χ2n) is 11.1. The van der Waals surface area contributed by atoms with Crippen molar-refractivity contribution < 1.29 is 22.9 Å². The topological polar surface area (TPSA) is 77.1 Å². The first-order valence-electron chi connectivity index (χ1n) is 16.6. The molecule has 1 fully saturated rings. The molecule has 1 N–H and O–H groups in total. The number of nitrogens with one attached hydrogen (secondary N) is 1. The highest BCUT2D eigenvalue weighted by Gasteiger charge is 2.41. The molecule has 0 spiro atoms. The van der Waals surface area contributed by atoms with Crippen LogP contribution in [0.5, 0.6) is 0 Å². The van der Waals surface area contributed by atoms with Crippen LogP contribution in [0.2, 0.25) is 6.04 Å². The number of hydrogen-bond donors (Lipinski definition) is 1. The van der Waals surface area contributed by atoms with Gasteiger partial charge in [-0.3, -0.25) is 9.59 Å². The van der Waals surface area contributed by atoms with E-state index in [2.05, 4.69) is 12.3 Å². The van der Waals surface area contributed by atoms with Crippen LogP contribution in [0.1, 0.15) is 150 Å². The molecule has 0 aromatic heterocycles. The van der Waals surface area contributed by atoms with Crippen LogP contribution in [0.25, 0.3) is 0 Å². The van der Waals surface area contributed by atoms with Crippen molar-refractivity contribution in [3.8, 4) is 0 Å². The van der Waals surface area contributed by atoms with Crippen LogP contribution in [0, 0.1) is 5.92 Å². The number of rotatable bonds is 28. The molecule has 0 aliphatic carbocycles. The second-order valence-corrected chi connectivity index (χ2v) is 13.8. The van der Waals surface area contributed by atoms with Gasteiger partial charge in [-0.05, 0) is 33.6 Å². The highest BCUT2D eigenvalue weighted by atomic mass is 28.4. The Morgan fingerprint density at radius 2 is 1.10 bits per heavy atom. The highest BCUT2D eigenvalue weighted by molar-refractivity contribution is 6.60. The van der Waals surface area contributed by atoms with Crippen molar-refractivity contribution in [2.45, 2.75) is 156 Å². The highest BCUT2D eigenvalue weighted by Crippen LogP contribution is 2.25. The quantitative estimate of drug-likeness (QED) is 0.0584. The first-order chi connectivity index (χ1) is 19.0. The maximum Gasteiger partial charge on any atom is 0.500 e. The van der Waals surface area contributed by atoms with Crippen LogP contribution in [0.3, 0.4) is 0 Å². The molecule has 0 aromatic rings. The summed E-state index contributed by atoms with van der Waals surface area (Å²) in [5.74, 6) is -0.339. The molecule has 0 saturated carbocycles. The predicted molar refractivity (Wildman–Crippen MR) is 162 cm³/mol. The van der Waals surface area contributed by atoms with Crippen molar-refractivity contribution >= 4 is 20.6 Å². The van der Waals surface area contributed by atoms with Crippen molar-refractivity contribution in [2.24, 2.45) is 5.92 Å². The van der Waals surface area contributed by atoms with Gasteiger partial charge in [0.25, 0.3) is 0 Å². The van der Waals surface area contributed by atoms with E-state index in [0.29, 0.717) is 45.3 Å². The zero-order valence-electron chi connectivity index (χ0n) is 26.0. The fourth-order valence-electron chi connectivity index (χ4n) is 5.52. The first-order valence-corrected chi connectivity index (χ1v) is 18.5. The fraction of sp³-hybridized carbons (Fsp3) is 0.935. The minimum atomic E-state index is -2.70. The number of carbonyl (C=O) groups excluding carboxylic acids is 2. The second kappa shape index (κ2) is 23.9. The minimum absolute atomic E-state index is 0.0658. The molecule has 0 aromatic carbocycles. The van der Waals surface area contributed by atoms with Gasteiger partial charge in [0.15, 0.2) is 0 Å². The van der Waals surface area contributed by atoms with E-state index in [-0.39, 0.29) is 17.7 Å². The van der Waals surface area contributed by atoms with Crippen molar-refractivity contribution in [1.29, 1.82) is 0 Å². The average molecular weight is 571 g/mol. The number of nitrogens with zero attached hydrogens (tertiary/aromatic N) is 1. The van der Waals surface area contributed by atoms with E-state index in [9.17, 15) is 9.59 Å². The Bertz CT molecular complexity index is 605. The van der Waals surface area contributed by atoms with E-state index < -0.39 is 8.80 Å². The maximum absolute atomic E-state index is 12.8. The zero-order valence-corrected chi connectivity index (χ0v) is 27.0. The molecule has 1 unspecified atom stereocenters. The van der Waals surface area contributed by atoms with Crippen LogP contribution in [-0.4, -0.2) is 52.0 Å². The van der Waals surface area contributed by atoms with Gasteiger partial charge in [-0.25, -0.2) is 10.4 Å². The van der Waals surface area contributed by atoms with Crippen molar-refractivity contribution in [3.63, 3.8) is 0 Å². The number of carbonyl (C=O) groups is 2. The summed E-state index contributed by atoms with van der Waals surface area (Å²) in [5, 5.41) is 1.25. The summed E-state index contributed by atoms with van der Waals surface area (Å²) < 4.78 is 17.6. The van der Waals surface area contributed by atoms with Crippen LogP contribution in [0.15, 0.2) is 0 Å². The van der Waals surface area contributed by atoms with Gasteiger partial charge in [0.1, 0.15) is 0 Å². The van der Waals surface area contributed by atoms with Gasteiger partial charge in [0, 0.05) is 44.7 Å². The number of hydrazine groups is 1. The Kier molecular flexibility index (Phi) is 22.2. The molecule has 7 nitrogen and oxygen atoms in total. The number of hydrogen-bond acceptors (Lipinski definition) is 6. The van der Waals surface area contributed by atoms with Crippen LogP contribution < -0.4 is 5.43 Å². The summed E-state index contributed by atoms with van der Waals surface area (Å²) in [6.07, 6.45) is 23.3. The molecule has 1 aliphatic heterocycles. The molecule has 1 heterocycles. The van der Waals surface area contributed by atoms with Gasteiger partial charge in [0.2, 0.25) is 11.8 Å². The summed E-state index contributed by atoms with van der Waals surface area (Å²) in [6.45, 7) is 10.3. The van der Waals surface area contributed by atoms with Crippen LogP contribution in [-0.2, 0) is 22.9 Å². The summed E-state index contributed by atoms with van der Waals surface area (Å²) >= 11 is 0. The monoisotopic (exact) mass is 570 g/mol. The summed E-state index contributed by atoms with van der Waals surface area (Å²) in [6, 6.07) is 0.661. The van der Waals surface area contributed by atoms with Crippen molar-refractivity contribution in [3.05, 3.63) is 0 Å². The molecule has 230 valence electrons. The third kappa shape index (κ3) is 16.3. The largest absolute Gasteiger partial charge is 0.500 e. The molecule has 1 aliphatic rings. The van der Waals surface area contributed by atoms with E-state index in [1.807, 2.05) is 20.8 Å². The number of amides is 2. The molecular weight excluding hydrogens is 508 g/mol. The van der Waals surface area contributed by atoms with Gasteiger partial charge in [0.05, 0.1) is 0 Å². The van der Waals surface area contributed by atoms with Crippen molar-refractivity contribution in [1.82, 2.24) is 10.4 Å². The number of unbranched alkanes of at least 4 members (excludes halogenated alkanes) is 15. The lowest BCUT2D eigenvalue weighted by atomic mass is 9.98. The zero-order chi connectivity index (χ0) is 28.6. The smallest absolute Gasteiger partial charge is 0.374 e. The normalized spacial score (nSPS) is 16.1. The van der Waals surface area contributed by atoms with E-state index in [1.165, 1.54) is 94.9 Å². The lowest BCUT2D eigenvalue weighted by Crippen LogP contribution is -2.47. The molecular formula is C31H62N2O5Si. The molecule has 0 radical (unpaired) electrons. The minimum Gasteiger partial charge on any atom is -0.374 e. The molecule has 8 heteroatoms. The van der Waals surface area contributed by atoms with E-state index in [4.69, 9.17) is 13.3 Å². The average Bonchev–Trinajstić information content (AvgIpc) is 3.18. The SMILES string of the molecule is CCCCCCCCCCCCCCCCCCC1CC(=O)N(NCCC[Si](OCC)(OCC)OCC)C1=O. The van der Waals surface area contributed by atoms with E-state index in [0.717, 1.165) is 19.3 Å². The number of imide groups is 1. The van der Waals surface area contributed by atoms with E-state index >= 15 is 0 Å². The van der Waals surface area contributed by atoms with E-state index in [1.54, 1.807) is 0 Å². The standard InChI is InChI=1S/C31H62N2O5Si/c1-5-9-10-11-12-13-14-15-16-17-18-19-20-21-22-23-25-29-28-30(34)33(31(29)35)32-26-24-27-39(36-6-2,37-7-3)38-8-4/h29,32H,5-28H2,1-4H3. The molecule has 2 amide bonds. The summed E-state index contributed by atoms with van der Waals surface area (Å²) in [5.41, 5.74) is 3.06. The molecule has 1 atom stereocenters. The van der Waals surface area contributed by atoms with Gasteiger partial charge in [-0.1, -0.05) is 110 Å². The molecule has 1 saturated heterocycles. The van der Waals surface area contributed by atoms with Gasteiger partial charge in [-0.15, -0.1) is 0 Å². The Balaban J connectivity index is 2.08. The van der Waals surface area contributed by atoms with Gasteiger partial charge < -0.3 is 13.3 Å². The van der Waals surface area contributed by atoms with Crippen molar-refractivity contribution in [2.75, 3.05) is 26.4 Å². The molecule has 39 heavy (non-hydrogen) atoms.